The summed E-state index contributed by atoms with van der Waals surface area (Å²) in [5, 5.41) is 9.70. The summed E-state index contributed by atoms with van der Waals surface area (Å²) in [5.74, 6) is 0.354. The third kappa shape index (κ3) is 5.52. The summed E-state index contributed by atoms with van der Waals surface area (Å²) in [6.07, 6.45) is 2.12. The molecule has 2 aliphatic rings. The average Bonchev–Trinajstić information content (AvgIpc) is 3.42. The molecule has 12 heteroatoms. The molecule has 2 unspecified atom stereocenters. The lowest BCUT2D eigenvalue weighted by Crippen LogP contribution is -2.52. The first-order valence-electron chi connectivity index (χ1n) is 14.1. The number of rotatable bonds is 14. The molecule has 2 aromatic rings. The third-order valence-corrected chi connectivity index (χ3v) is 18.3. The van der Waals surface area contributed by atoms with E-state index in [1.165, 1.54) is 6.33 Å². The number of fused-ring (bicyclic) bond motifs is 1. The maximum absolute atomic E-state index is 9.70. The number of hydrogen-bond acceptors (Lipinski definition) is 9. The first kappa shape index (κ1) is 28.6. The summed E-state index contributed by atoms with van der Waals surface area (Å²) in [6.45, 7) is 15.3. The zero-order valence-electron chi connectivity index (χ0n) is 23.4. The second-order valence-electron chi connectivity index (χ2n) is 10.6. The summed E-state index contributed by atoms with van der Waals surface area (Å²) in [6, 6.07) is 6.48. The molecule has 2 fully saturated rings. The van der Waals surface area contributed by atoms with Crippen LogP contribution in [0.25, 0.3) is 11.2 Å². The van der Waals surface area contributed by atoms with E-state index in [-0.39, 0.29) is 31.0 Å². The van der Waals surface area contributed by atoms with Crippen molar-refractivity contribution in [3.8, 4) is 0 Å². The molecule has 0 aromatic carbocycles. The van der Waals surface area contributed by atoms with Crippen LogP contribution in [0.15, 0.2) is 12.7 Å². The van der Waals surface area contributed by atoms with E-state index < -0.39 is 22.9 Å². The van der Waals surface area contributed by atoms with E-state index in [9.17, 15) is 5.11 Å². The van der Waals surface area contributed by atoms with Crippen molar-refractivity contribution in [1.82, 2.24) is 24.4 Å². The smallest absolute Gasteiger partial charge is 0.192 e. The second kappa shape index (κ2) is 11.8. The minimum absolute atomic E-state index is 0.166. The molecule has 2 saturated heterocycles. The summed E-state index contributed by atoms with van der Waals surface area (Å²) < 4.78 is 23.3. The van der Waals surface area contributed by atoms with Crippen molar-refractivity contribution in [2.24, 2.45) is 0 Å². The molecule has 37 heavy (non-hydrogen) atoms. The molecule has 0 saturated carbocycles. The van der Waals surface area contributed by atoms with E-state index >= 15 is 0 Å². The molecular formula is C25H46N6O4Si2. The zero-order chi connectivity index (χ0) is 26.8. The molecule has 4 rings (SSSR count). The van der Waals surface area contributed by atoms with Crippen molar-refractivity contribution in [3.63, 3.8) is 0 Å². The van der Waals surface area contributed by atoms with Gasteiger partial charge in [0.05, 0.1) is 12.9 Å². The van der Waals surface area contributed by atoms with Crippen LogP contribution in [0, 0.1) is 0 Å². The average molecular weight is 551 g/mol. The van der Waals surface area contributed by atoms with E-state index in [2.05, 4.69) is 61.4 Å². The highest BCUT2D eigenvalue weighted by molar-refractivity contribution is 6.74. The molecular weight excluding hydrogens is 504 g/mol. The number of ether oxygens (including phenoxy) is 1. The SMILES string of the molecule is CC[Si](CC)(CC)O[C@@H]1[C@H](O[Si](CC)(CC)CC)[C@@H](CN2CC2CO)O[C@H]1n1cnc2c(N)ncnc21. The molecule has 4 heterocycles. The number of aliphatic hydroxyl groups is 1. The van der Waals surface area contributed by atoms with Gasteiger partial charge in [-0.1, -0.05) is 41.5 Å². The van der Waals surface area contributed by atoms with Crippen LogP contribution in [0.3, 0.4) is 0 Å². The Morgan fingerprint density at radius 3 is 2.08 bits per heavy atom. The number of nitrogen functional groups attached to an aromatic ring is 1. The number of aromatic nitrogens is 4. The molecule has 2 aromatic heterocycles. The number of nitrogens with zero attached hydrogens (tertiary/aromatic N) is 5. The van der Waals surface area contributed by atoms with Crippen LogP contribution in [0.1, 0.15) is 47.8 Å². The lowest BCUT2D eigenvalue weighted by Gasteiger charge is -2.39. The topological polar surface area (TPSA) is 121 Å². The van der Waals surface area contributed by atoms with Gasteiger partial charge in [-0.15, -0.1) is 0 Å². The molecule has 0 amide bonds. The van der Waals surface area contributed by atoms with E-state index in [0.717, 1.165) is 42.8 Å². The third-order valence-electron chi connectivity index (χ3n) is 9.04. The Bertz CT molecular complexity index is 1020. The summed E-state index contributed by atoms with van der Waals surface area (Å²) in [5.41, 5.74) is 7.34. The summed E-state index contributed by atoms with van der Waals surface area (Å²) >= 11 is 0. The Morgan fingerprint density at radius 2 is 1.54 bits per heavy atom. The monoisotopic (exact) mass is 550 g/mol. The standard InChI is InChI=1S/C25H46N6O4Si2/c1-7-36(8-2,9-3)34-21-19(14-30-13-18(30)15-32)33-25(22(21)35-37(10-4,11-5)12-6)31-17-29-20-23(26)27-16-28-24(20)31/h16-19,21-22,25,32H,7-15H2,1-6H3,(H2,26,27,28)/t18?,19-,21-,22-,25-,30?/m1/s1. The molecule has 10 nitrogen and oxygen atoms in total. The molecule has 2 aliphatic heterocycles. The van der Waals surface area contributed by atoms with Crippen LogP contribution in [0.4, 0.5) is 5.82 Å². The van der Waals surface area contributed by atoms with Gasteiger partial charge in [-0.25, -0.2) is 15.0 Å². The highest BCUT2D eigenvalue weighted by Gasteiger charge is 2.54. The van der Waals surface area contributed by atoms with Gasteiger partial charge in [-0.3, -0.25) is 9.47 Å². The van der Waals surface area contributed by atoms with Crippen LogP contribution in [-0.2, 0) is 13.6 Å². The van der Waals surface area contributed by atoms with Crippen molar-refractivity contribution in [3.05, 3.63) is 12.7 Å². The Kier molecular flexibility index (Phi) is 9.09. The van der Waals surface area contributed by atoms with Gasteiger partial charge >= 0.3 is 0 Å². The molecule has 6 atom stereocenters. The summed E-state index contributed by atoms with van der Waals surface area (Å²) in [4.78, 5) is 15.4. The fraction of sp³-hybridized carbons (Fsp3) is 0.800. The fourth-order valence-electron chi connectivity index (χ4n) is 5.83. The van der Waals surface area contributed by atoms with Crippen molar-refractivity contribution < 1.29 is 18.7 Å². The van der Waals surface area contributed by atoms with Gasteiger partial charge in [0.15, 0.2) is 34.3 Å². The van der Waals surface area contributed by atoms with Gasteiger partial charge in [0, 0.05) is 19.1 Å². The van der Waals surface area contributed by atoms with Crippen molar-refractivity contribution in [2.45, 2.75) is 108 Å². The van der Waals surface area contributed by atoms with Crippen molar-refractivity contribution in [1.29, 1.82) is 0 Å². The number of hydrogen-bond donors (Lipinski definition) is 2. The van der Waals surface area contributed by atoms with Crippen LogP contribution in [0.5, 0.6) is 0 Å². The van der Waals surface area contributed by atoms with Crippen LogP contribution in [-0.4, -0.2) is 90.2 Å². The highest BCUT2D eigenvalue weighted by Crippen LogP contribution is 2.42. The van der Waals surface area contributed by atoms with E-state index in [1.807, 2.05) is 4.57 Å². The predicted molar refractivity (Wildman–Crippen MR) is 150 cm³/mol. The minimum Gasteiger partial charge on any atom is -0.408 e. The van der Waals surface area contributed by atoms with E-state index in [4.69, 9.17) is 19.3 Å². The lowest BCUT2D eigenvalue weighted by atomic mass is 10.1. The Hall–Kier alpha value is -1.42. The predicted octanol–water partition coefficient (Wildman–Crippen LogP) is 3.76. The van der Waals surface area contributed by atoms with Crippen molar-refractivity contribution in [2.75, 3.05) is 25.4 Å². The van der Waals surface area contributed by atoms with Gasteiger partial charge < -0.3 is 24.4 Å². The number of nitrogens with two attached hydrogens (primary N) is 1. The second-order valence-corrected chi connectivity index (χ2v) is 20.0. The number of aliphatic hydroxyl groups excluding tert-OH is 1. The van der Waals surface area contributed by atoms with Crippen LogP contribution < -0.4 is 5.73 Å². The largest absolute Gasteiger partial charge is 0.408 e. The van der Waals surface area contributed by atoms with Gasteiger partial charge in [-0.2, -0.15) is 0 Å². The highest BCUT2D eigenvalue weighted by atomic mass is 28.4. The van der Waals surface area contributed by atoms with Gasteiger partial charge in [-0.05, 0) is 36.3 Å². The first-order valence-corrected chi connectivity index (χ1v) is 19.2. The van der Waals surface area contributed by atoms with E-state index in [0.29, 0.717) is 23.5 Å². The zero-order valence-corrected chi connectivity index (χ0v) is 25.4. The van der Waals surface area contributed by atoms with Crippen LogP contribution >= 0.6 is 0 Å². The van der Waals surface area contributed by atoms with Crippen molar-refractivity contribution >= 4 is 33.6 Å². The quantitative estimate of drug-likeness (QED) is 0.267. The fourth-order valence-corrected chi connectivity index (χ4v) is 11.5. The normalized spacial score (nSPS) is 28.3. The lowest BCUT2D eigenvalue weighted by molar-refractivity contribution is -0.0352. The number of anilines is 1. The van der Waals surface area contributed by atoms with Crippen LogP contribution in [0.2, 0.25) is 36.3 Å². The molecule has 3 N–H and O–H groups in total. The Morgan fingerprint density at radius 1 is 0.946 bits per heavy atom. The van der Waals surface area contributed by atoms with Gasteiger partial charge in [0.2, 0.25) is 0 Å². The molecule has 0 aliphatic carbocycles. The molecule has 208 valence electrons. The Balaban J connectivity index is 1.79. The Labute approximate surface area is 223 Å². The van der Waals surface area contributed by atoms with Gasteiger partial charge in [0.1, 0.15) is 30.2 Å². The molecule has 0 radical (unpaired) electrons. The van der Waals surface area contributed by atoms with E-state index in [1.54, 1.807) is 6.33 Å². The maximum Gasteiger partial charge on any atom is 0.192 e. The maximum atomic E-state index is 9.70. The number of imidazole rings is 1. The van der Waals surface area contributed by atoms with Gasteiger partial charge in [0.25, 0.3) is 0 Å². The molecule has 0 bridgehead atoms. The molecule has 0 spiro atoms. The first-order chi connectivity index (χ1) is 17.8. The summed E-state index contributed by atoms with van der Waals surface area (Å²) in [7, 11) is -4.01. The minimum atomic E-state index is -2.03.